The number of benzene rings is 1. The molecule has 0 aliphatic heterocycles. The van der Waals surface area contributed by atoms with E-state index in [0.29, 0.717) is 0 Å². The highest BCUT2D eigenvalue weighted by Crippen LogP contribution is 2.22. The van der Waals surface area contributed by atoms with Gasteiger partial charge in [0.1, 0.15) is 12.4 Å². The van der Waals surface area contributed by atoms with Gasteiger partial charge in [0.05, 0.1) is 0 Å². The highest BCUT2D eigenvalue weighted by atomic mass is 32.2. The van der Waals surface area contributed by atoms with Crippen molar-refractivity contribution in [3.8, 4) is 0 Å². The van der Waals surface area contributed by atoms with Crippen molar-refractivity contribution in [3.63, 3.8) is 0 Å². The molecule has 0 amide bonds. The van der Waals surface area contributed by atoms with Gasteiger partial charge in [0, 0.05) is 0 Å². The minimum Gasteiger partial charge on any atom is -0.281 e. The van der Waals surface area contributed by atoms with Crippen molar-refractivity contribution in [2.24, 2.45) is 0 Å². The molecule has 1 aromatic carbocycles. The van der Waals surface area contributed by atoms with Crippen LogP contribution in [-0.2, 0) is 30.2 Å². The molecule has 0 unspecified atom stereocenters. The Hall–Kier alpha value is -1.10. The lowest BCUT2D eigenvalue weighted by Gasteiger charge is -2.12. The van der Waals surface area contributed by atoms with Crippen LogP contribution >= 0.6 is 0 Å². The van der Waals surface area contributed by atoms with E-state index in [-0.39, 0.29) is 5.56 Å². The molecule has 1 rings (SSSR count). The molecule has 0 spiro atoms. The van der Waals surface area contributed by atoms with Gasteiger partial charge in [-0.3, -0.25) is 8.74 Å². The van der Waals surface area contributed by atoms with Gasteiger partial charge in [-0.05, 0) is 5.56 Å². The molecule has 108 valence electrons. The molecule has 1 aromatic rings. The van der Waals surface area contributed by atoms with Crippen LogP contribution in [0.2, 0.25) is 0 Å². The maximum atomic E-state index is 12.8. The van der Waals surface area contributed by atoms with Crippen LogP contribution in [0.25, 0.3) is 0 Å². The fourth-order valence-corrected chi connectivity index (χ4v) is 2.35. The van der Waals surface area contributed by atoms with Crippen molar-refractivity contribution in [2.45, 2.75) is 11.0 Å². The first kappa shape index (κ1) is 16.0. The predicted octanol–water partition coefficient (Wildman–Crippen LogP) is 1.01. The van der Waals surface area contributed by atoms with Crippen LogP contribution < -0.4 is 0 Å². The lowest BCUT2D eigenvalue weighted by molar-refractivity contribution is 0.0311. The second kappa shape index (κ2) is 5.49. The molecule has 0 aliphatic rings. The summed E-state index contributed by atoms with van der Waals surface area (Å²) in [5, 5.41) is -4.68. The van der Waals surface area contributed by atoms with Gasteiger partial charge in [-0.1, -0.05) is 30.3 Å². The first-order valence-corrected chi connectivity index (χ1v) is 7.81. The topological polar surface area (TPSA) is 97.7 Å². The van der Waals surface area contributed by atoms with Crippen molar-refractivity contribution >= 4 is 20.2 Å². The summed E-state index contributed by atoms with van der Waals surface area (Å²) in [6.07, 6.45) is 0. The molecule has 0 fully saturated rings. The molecule has 0 bridgehead atoms. The zero-order valence-corrected chi connectivity index (χ0v) is 11.0. The molecule has 0 saturated heterocycles. The van der Waals surface area contributed by atoms with Gasteiger partial charge in [-0.15, -0.1) is 0 Å². The largest absolute Gasteiger partial charge is 0.393 e. The van der Waals surface area contributed by atoms with E-state index in [1.54, 1.807) is 6.07 Å². The Bertz CT molecular complexity index is 624. The minimum absolute atomic E-state index is 0.290. The van der Waals surface area contributed by atoms with E-state index < -0.39 is 37.9 Å². The second-order valence-electron chi connectivity index (χ2n) is 3.56. The lowest BCUT2D eigenvalue weighted by atomic mass is 10.2. The van der Waals surface area contributed by atoms with Gasteiger partial charge >= 0.3 is 15.4 Å². The number of alkyl halides is 2. The predicted molar refractivity (Wildman–Crippen MR) is 61.5 cm³/mol. The number of rotatable bonds is 6. The molecule has 10 heteroatoms. The molecular formula is C9H10F2O6S2. The third-order valence-electron chi connectivity index (χ3n) is 1.97. The van der Waals surface area contributed by atoms with E-state index in [9.17, 15) is 25.6 Å². The quantitative estimate of drug-likeness (QED) is 0.621. The Morgan fingerprint density at radius 1 is 1.11 bits per heavy atom. The zero-order chi connectivity index (χ0) is 14.7. The smallest absolute Gasteiger partial charge is 0.281 e. The summed E-state index contributed by atoms with van der Waals surface area (Å²) < 4.78 is 80.8. The lowest BCUT2D eigenvalue weighted by Crippen LogP contribution is -2.34. The van der Waals surface area contributed by atoms with Gasteiger partial charge in [0.25, 0.3) is 10.1 Å². The van der Waals surface area contributed by atoms with Gasteiger partial charge < -0.3 is 0 Å². The molecule has 0 aliphatic carbocycles. The van der Waals surface area contributed by atoms with E-state index in [1.807, 2.05) is 0 Å². The molecular weight excluding hydrogens is 306 g/mol. The van der Waals surface area contributed by atoms with Crippen molar-refractivity contribution in [1.82, 2.24) is 0 Å². The Balaban J connectivity index is 2.72. The fourth-order valence-electron chi connectivity index (χ4n) is 1.05. The van der Waals surface area contributed by atoms with Crippen LogP contribution in [0.15, 0.2) is 30.3 Å². The van der Waals surface area contributed by atoms with Crippen molar-refractivity contribution in [1.29, 1.82) is 0 Å². The maximum absolute atomic E-state index is 12.8. The Labute approximate surface area is 108 Å². The molecule has 1 N–H and O–H groups in total. The number of hydrogen-bond donors (Lipinski definition) is 1. The monoisotopic (exact) mass is 316 g/mol. The summed E-state index contributed by atoms with van der Waals surface area (Å²) in [5.74, 6) is -0.685. The van der Waals surface area contributed by atoms with Gasteiger partial charge in [-0.25, -0.2) is 0 Å². The van der Waals surface area contributed by atoms with Crippen molar-refractivity contribution in [3.05, 3.63) is 35.9 Å². The molecule has 19 heavy (non-hydrogen) atoms. The van der Waals surface area contributed by atoms with E-state index in [2.05, 4.69) is 4.18 Å². The third-order valence-corrected chi connectivity index (χ3v) is 4.01. The maximum Gasteiger partial charge on any atom is 0.393 e. The number of halogens is 2. The summed E-state index contributed by atoms with van der Waals surface area (Å²) in [5.41, 5.74) is 0.290. The molecule has 0 atom stereocenters. The molecule has 0 radical (unpaired) electrons. The van der Waals surface area contributed by atoms with Crippen LogP contribution in [0.1, 0.15) is 5.56 Å². The standard InChI is InChI=1S/C9H10F2O6S2/c10-9(11,19(14,15)16)7-17-18(12,13)6-8-4-2-1-3-5-8/h1-5H,6-7H2,(H,14,15,16). The normalized spacial score (nSPS) is 13.4. The van der Waals surface area contributed by atoms with E-state index >= 15 is 0 Å². The average Bonchev–Trinajstić information content (AvgIpc) is 2.26. The SMILES string of the molecule is O=S(=O)(Cc1ccccc1)OCC(F)(F)S(=O)(=O)O. The first-order valence-electron chi connectivity index (χ1n) is 4.79. The second-order valence-corrected chi connectivity index (χ2v) is 6.75. The van der Waals surface area contributed by atoms with Crippen LogP contribution in [0, 0.1) is 0 Å². The van der Waals surface area contributed by atoms with E-state index in [4.69, 9.17) is 4.55 Å². The molecule has 0 saturated carbocycles. The summed E-state index contributed by atoms with van der Waals surface area (Å²) in [4.78, 5) is 0. The molecule has 6 nitrogen and oxygen atoms in total. The fraction of sp³-hybridized carbons (Fsp3) is 0.333. The summed E-state index contributed by atoms with van der Waals surface area (Å²) in [6, 6.07) is 7.57. The van der Waals surface area contributed by atoms with Crippen molar-refractivity contribution < 1.29 is 34.4 Å². The van der Waals surface area contributed by atoms with Crippen LogP contribution in [0.3, 0.4) is 0 Å². The number of hydrogen-bond acceptors (Lipinski definition) is 5. The zero-order valence-electron chi connectivity index (χ0n) is 9.36. The van der Waals surface area contributed by atoms with Gasteiger partial charge in [0.15, 0.2) is 0 Å². The Morgan fingerprint density at radius 3 is 2.11 bits per heavy atom. The summed E-state index contributed by atoms with van der Waals surface area (Å²) in [6.45, 7) is -1.97. The molecule has 0 heterocycles. The van der Waals surface area contributed by atoms with Crippen LogP contribution in [0.4, 0.5) is 8.78 Å². The van der Waals surface area contributed by atoms with Gasteiger partial charge in [0.2, 0.25) is 0 Å². The summed E-state index contributed by atoms with van der Waals surface area (Å²) >= 11 is 0. The average molecular weight is 316 g/mol. The minimum atomic E-state index is -5.72. The first-order chi connectivity index (χ1) is 8.54. The van der Waals surface area contributed by atoms with Crippen LogP contribution in [-0.4, -0.2) is 33.2 Å². The van der Waals surface area contributed by atoms with Crippen molar-refractivity contribution in [2.75, 3.05) is 6.61 Å². The molecule has 0 aromatic heterocycles. The van der Waals surface area contributed by atoms with E-state index in [0.717, 1.165) is 0 Å². The Kier molecular flexibility index (Phi) is 4.61. The third kappa shape index (κ3) is 4.82. The Morgan fingerprint density at radius 2 is 1.63 bits per heavy atom. The van der Waals surface area contributed by atoms with Gasteiger partial charge in [-0.2, -0.15) is 25.6 Å². The highest BCUT2D eigenvalue weighted by Gasteiger charge is 2.45. The van der Waals surface area contributed by atoms with Crippen LogP contribution in [0.5, 0.6) is 0 Å². The van der Waals surface area contributed by atoms with E-state index in [1.165, 1.54) is 24.3 Å². The highest BCUT2D eigenvalue weighted by molar-refractivity contribution is 7.87. The summed E-state index contributed by atoms with van der Waals surface area (Å²) in [7, 11) is -10.1.